The van der Waals surface area contributed by atoms with Crippen molar-refractivity contribution in [3.8, 4) is 0 Å². The average molecular weight is 773 g/mol. The van der Waals surface area contributed by atoms with E-state index >= 15 is 0 Å². The fourth-order valence-electron chi connectivity index (χ4n) is 7.27. The maximum Gasteiger partial charge on any atom is 0.306 e. The minimum Gasteiger partial charge on any atom is -0.460 e. The normalized spacial score (nSPS) is 25.7. The Bertz CT molecular complexity index is 1440. The van der Waals surface area contributed by atoms with Crippen LogP contribution < -0.4 is 21.3 Å². The van der Waals surface area contributed by atoms with Crippen LogP contribution in [0.25, 0.3) is 0 Å². The molecule has 1 spiro atoms. The SMILES string of the molecule is COC1C(OC(=O)CCCOCCOCCNC(=O)CCN[C@@H](Cc2ccccc2)C(=O)NCC(=O)NCC=O)CC[C@]2(CO2)C1C1(C)O[C@@H]1CC=C(C)C. The number of amides is 3. The van der Waals surface area contributed by atoms with E-state index in [1.807, 2.05) is 30.3 Å². The van der Waals surface area contributed by atoms with E-state index in [0.717, 1.165) is 18.4 Å². The standard InChI is InChI=1S/C40H60N4O11/c1-28(2)12-13-32-39(3,55-32)37-36(50-4)31(14-16-40(37)27-53-40)54-35(48)11-8-21-51-23-24-52-22-19-43-33(46)15-17-41-30(25-29-9-6-5-7-10-29)38(49)44-26-34(47)42-18-20-45/h5-7,9-10,12,20,30-32,36-37,41H,8,11,13-19,21-27H2,1-4H3,(H,42,47)(H,43,46)(H,44,49)/t30-,31?,32+,36?,37?,39?,40-/m0/s1. The zero-order valence-electron chi connectivity index (χ0n) is 32.7. The third kappa shape index (κ3) is 14.1. The highest BCUT2D eigenvalue weighted by Gasteiger charge is 2.72. The molecular formula is C40H60N4O11. The molecule has 1 saturated carbocycles. The van der Waals surface area contributed by atoms with Gasteiger partial charge in [0.15, 0.2) is 0 Å². The van der Waals surface area contributed by atoms with Gasteiger partial charge < -0.3 is 54.5 Å². The summed E-state index contributed by atoms with van der Waals surface area (Å²) in [5, 5.41) is 10.8. The molecule has 0 aromatic heterocycles. The number of benzene rings is 1. The van der Waals surface area contributed by atoms with Crippen molar-refractivity contribution in [3.63, 3.8) is 0 Å². The number of rotatable bonds is 26. The lowest BCUT2D eigenvalue weighted by molar-refractivity contribution is -0.172. The number of epoxide rings is 2. The van der Waals surface area contributed by atoms with Gasteiger partial charge >= 0.3 is 5.97 Å². The number of carbonyl (C=O) groups excluding carboxylic acids is 5. The lowest BCUT2D eigenvalue weighted by Crippen LogP contribution is -2.55. The minimum atomic E-state index is -0.668. The maximum atomic E-state index is 12.8. The first-order valence-corrected chi connectivity index (χ1v) is 19.4. The van der Waals surface area contributed by atoms with Gasteiger partial charge in [-0.1, -0.05) is 42.0 Å². The number of ether oxygens (including phenoxy) is 6. The first kappa shape index (κ1) is 44.0. The molecule has 15 heteroatoms. The van der Waals surface area contributed by atoms with Gasteiger partial charge in [0.25, 0.3) is 0 Å². The molecule has 7 atom stereocenters. The largest absolute Gasteiger partial charge is 0.460 e. The van der Waals surface area contributed by atoms with Crippen LogP contribution in [-0.4, -0.2) is 132 Å². The van der Waals surface area contributed by atoms with Gasteiger partial charge in [-0.15, -0.1) is 0 Å². The smallest absolute Gasteiger partial charge is 0.306 e. The predicted octanol–water partition coefficient (Wildman–Crippen LogP) is 1.56. The quantitative estimate of drug-likeness (QED) is 0.0350. The van der Waals surface area contributed by atoms with Crippen LogP contribution in [0.4, 0.5) is 0 Å². The van der Waals surface area contributed by atoms with Gasteiger partial charge in [0.2, 0.25) is 17.7 Å². The molecule has 306 valence electrons. The summed E-state index contributed by atoms with van der Waals surface area (Å²) in [5.74, 6) is -1.36. The van der Waals surface area contributed by atoms with Crippen LogP contribution in [0.2, 0.25) is 0 Å². The number of hydrogen-bond donors (Lipinski definition) is 4. The van der Waals surface area contributed by atoms with Crippen LogP contribution in [0.3, 0.4) is 0 Å². The minimum absolute atomic E-state index is 0.0199. The molecule has 2 saturated heterocycles. The summed E-state index contributed by atoms with van der Waals surface area (Å²) in [6.07, 6.45) is 5.74. The molecule has 2 heterocycles. The molecule has 1 aliphatic carbocycles. The molecule has 0 bridgehead atoms. The average Bonchev–Trinajstić information content (AvgIpc) is 4.09. The molecule has 3 fully saturated rings. The van der Waals surface area contributed by atoms with E-state index < -0.39 is 11.9 Å². The topological polar surface area (TPSA) is 195 Å². The first-order chi connectivity index (χ1) is 26.5. The van der Waals surface area contributed by atoms with Gasteiger partial charge in [0.05, 0.1) is 57.6 Å². The van der Waals surface area contributed by atoms with Crippen LogP contribution in [0.1, 0.15) is 64.9 Å². The van der Waals surface area contributed by atoms with E-state index in [-0.39, 0.29) is 85.7 Å². The predicted molar refractivity (Wildman–Crippen MR) is 202 cm³/mol. The maximum absolute atomic E-state index is 12.8. The van der Waals surface area contributed by atoms with Gasteiger partial charge in [0.1, 0.15) is 29.7 Å². The Morgan fingerprint density at radius 2 is 1.71 bits per heavy atom. The number of aldehydes is 1. The second kappa shape index (κ2) is 22.1. The summed E-state index contributed by atoms with van der Waals surface area (Å²) >= 11 is 0. The monoisotopic (exact) mass is 772 g/mol. The van der Waals surface area contributed by atoms with Crippen molar-refractivity contribution in [1.82, 2.24) is 21.3 Å². The molecule has 3 aliphatic rings. The van der Waals surface area contributed by atoms with Crippen molar-refractivity contribution in [2.45, 2.75) is 101 Å². The third-order valence-electron chi connectivity index (χ3n) is 10.3. The Morgan fingerprint density at radius 3 is 2.40 bits per heavy atom. The van der Waals surface area contributed by atoms with Crippen molar-refractivity contribution in [1.29, 1.82) is 0 Å². The summed E-state index contributed by atoms with van der Waals surface area (Å²) in [6.45, 7) is 8.50. The molecule has 4 N–H and O–H groups in total. The van der Waals surface area contributed by atoms with Gasteiger partial charge in [0, 0.05) is 39.6 Å². The van der Waals surface area contributed by atoms with Crippen molar-refractivity contribution >= 4 is 30.0 Å². The number of methoxy groups -OCH3 is 1. The van der Waals surface area contributed by atoms with E-state index in [0.29, 0.717) is 65.1 Å². The summed E-state index contributed by atoms with van der Waals surface area (Å²) in [7, 11) is 1.67. The van der Waals surface area contributed by atoms with Gasteiger partial charge in [-0.25, -0.2) is 0 Å². The Labute approximate surface area is 324 Å². The van der Waals surface area contributed by atoms with Crippen LogP contribution in [0.5, 0.6) is 0 Å². The van der Waals surface area contributed by atoms with Crippen LogP contribution >= 0.6 is 0 Å². The number of nitrogens with one attached hydrogen (secondary N) is 4. The van der Waals surface area contributed by atoms with E-state index in [1.54, 1.807) is 7.11 Å². The molecule has 3 amide bonds. The Balaban J connectivity index is 1.04. The van der Waals surface area contributed by atoms with E-state index in [4.69, 9.17) is 28.4 Å². The Hall–Kier alpha value is -3.73. The van der Waals surface area contributed by atoms with Crippen molar-refractivity contribution in [2.24, 2.45) is 5.92 Å². The van der Waals surface area contributed by atoms with Crippen LogP contribution in [0.15, 0.2) is 42.0 Å². The zero-order valence-corrected chi connectivity index (χ0v) is 32.7. The summed E-state index contributed by atoms with van der Waals surface area (Å²) < 4.78 is 35.3. The lowest BCUT2D eigenvalue weighted by atomic mass is 9.68. The molecule has 1 aromatic rings. The second-order valence-corrected chi connectivity index (χ2v) is 14.7. The summed E-state index contributed by atoms with van der Waals surface area (Å²) in [5.41, 5.74) is 1.52. The van der Waals surface area contributed by atoms with Crippen LogP contribution in [-0.2, 0) is 58.8 Å². The van der Waals surface area contributed by atoms with E-state index in [1.165, 1.54) is 5.57 Å². The number of carbonyl (C=O) groups is 5. The third-order valence-corrected chi connectivity index (χ3v) is 10.3. The molecular weight excluding hydrogens is 712 g/mol. The van der Waals surface area contributed by atoms with E-state index in [9.17, 15) is 24.0 Å². The van der Waals surface area contributed by atoms with Crippen LogP contribution in [0, 0.1) is 5.92 Å². The molecule has 2 aliphatic heterocycles. The Kier molecular flexibility index (Phi) is 17.7. The highest BCUT2D eigenvalue weighted by molar-refractivity contribution is 5.88. The highest BCUT2D eigenvalue weighted by atomic mass is 16.6. The fourth-order valence-corrected chi connectivity index (χ4v) is 7.27. The highest BCUT2D eigenvalue weighted by Crippen LogP contribution is 2.59. The second-order valence-electron chi connectivity index (χ2n) is 14.7. The van der Waals surface area contributed by atoms with Gasteiger partial charge in [-0.05, 0) is 58.4 Å². The van der Waals surface area contributed by atoms with Gasteiger partial charge in [-0.2, -0.15) is 0 Å². The lowest BCUT2D eigenvalue weighted by Gasteiger charge is -2.42. The number of allylic oxidation sites excluding steroid dienone is 1. The molecule has 4 unspecified atom stereocenters. The van der Waals surface area contributed by atoms with E-state index in [2.05, 4.69) is 48.1 Å². The van der Waals surface area contributed by atoms with Crippen molar-refractivity contribution in [3.05, 3.63) is 47.5 Å². The molecule has 55 heavy (non-hydrogen) atoms. The first-order valence-electron chi connectivity index (χ1n) is 19.4. The van der Waals surface area contributed by atoms with Gasteiger partial charge in [-0.3, -0.25) is 19.2 Å². The van der Waals surface area contributed by atoms with Crippen molar-refractivity contribution < 1.29 is 52.4 Å². The fraction of sp³-hybridized carbons (Fsp3) is 0.675. The molecule has 0 radical (unpaired) electrons. The molecule has 15 nitrogen and oxygen atoms in total. The summed E-state index contributed by atoms with van der Waals surface area (Å²) in [6, 6.07) is 8.73. The number of hydrogen-bond acceptors (Lipinski definition) is 12. The molecule has 4 rings (SSSR count). The summed E-state index contributed by atoms with van der Waals surface area (Å²) in [4.78, 5) is 60.2. The Morgan fingerprint density at radius 1 is 0.964 bits per heavy atom. The molecule has 1 aromatic carbocycles. The van der Waals surface area contributed by atoms with Crippen molar-refractivity contribution in [2.75, 3.05) is 66.3 Å². The number of esters is 1. The zero-order chi connectivity index (χ0) is 39.7.